The molecule has 0 unspecified atom stereocenters. The maximum atomic E-state index is 13.1. The first kappa shape index (κ1) is 19.3. The van der Waals surface area contributed by atoms with E-state index in [1.165, 1.54) is 5.69 Å². The number of nitrogens with one attached hydrogen (secondary N) is 2. The molecule has 5 rings (SSSR count). The van der Waals surface area contributed by atoms with Crippen LogP contribution in [0.3, 0.4) is 0 Å². The molecule has 2 N–H and O–H groups in total. The highest BCUT2D eigenvalue weighted by atomic mass is 16.5. The lowest BCUT2D eigenvalue weighted by Crippen LogP contribution is -2.36. The Balaban J connectivity index is 1.39. The van der Waals surface area contributed by atoms with Gasteiger partial charge in [0.15, 0.2) is 0 Å². The van der Waals surface area contributed by atoms with Gasteiger partial charge < -0.3 is 19.9 Å². The summed E-state index contributed by atoms with van der Waals surface area (Å²) in [4.78, 5) is 23.0. The number of anilines is 3. The average Bonchev–Trinajstić information content (AvgIpc) is 3.36. The zero-order chi connectivity index (χ0) is 21.4. The average molecular weight is 416 g/mol. The maximum Gasteiger partial charge on any atom is 0.213 e. The summed E-state index contributed by atoms with van der Waals surface area (Å²) in [5, 5.41) is 8.45. The van der Waals surface area contributed by atoms with Crippen LogP contribution in [0.25, 0.3) is 11.0 Å². The highest BCUT2D eigenvalue weighted by Crippen LogP contribution is 2.26. The van der Waals surface area contributed by atoms with Crippen molar-refractivity contribution in [2.24, 2.45) is 7.05 Å². The molecule has 8 nitrogen and oxygen atoms in total. The number of carbonyl (C=O) groups excluding carboxylic acids is 1. The van der Waals surface area contributed by atoms with Crippen molar-refractivity contribution in [3.05, 3.63) is 65.7 Å². The number of hydrogen-bond donors (Lipinski definition) is 2. The van der Waals surface area contributed by atoms with Crippen LogP contribution in [0.1, 0.15) is 21.7 Å². The van der Waals surface area contributed by atoms with Crippen molar-refractivity contribution in [3.8, 4) is 0 Å². The van der Waals surface area contributed by atoms with Gasteiger partial charge in [-0.3, -0.25) is 9.48 Å². The van der Waals surface area contributed by atoms with Gasteiger partial charge >= 0.3 is 0 Å². The number of morpholine rings is 1. The van der Waals surface area contributed by atoms with Crippen LogP contribution in [0.4, 0.5) is 17.1 Å². The van der Waals surface area contributed by atoms with Gasteiger partial charge in [-0.2, -0.15) is 5.10 Å². The van der Waals surface area contributed by atoms with Crippen LogP contribution in [0.15, 0.2) is 48.8 Å². The minimum atomic E-state index is -0.0804. The van der Waals surface area contributed by atoms with E-state index in [-0.39, 0.29) is 5.78 Å². The summed E-state index contributed by atoms with van der Waals surface area (Å²) in [5.74, 6) is -0.0804. The number of rotatable bonds is 5. The molecule has 0 spiro atoms. The van der Waals surface area contributed by atoms with Crippen molar-refractivity contribution in [1.82, 2.24) is 19.7 Å². The van der Waals surface area contributed by atoms with Gasteiger partial charge in [0.25, 0.3) is 0 Å². The van der Waals surface area contributed by atoms with Crippen molar-refractivity contribution in [3.63, 3.8) is 0 Å². The van der Waals surface area contributed by atoms with E-state index in [9.17, 15) is 4.79 Å². The van der Waals surface area contributed by atoms with Crippen molar-refractivity contribution >= 4 is 33.9 Å². The summed E-state index contributed by atoms with van der Waals surface area (Å²) >= 11 is 0. The number of fused-ring (bicyclic) bond motifs is 1. The monoisotopic (exact) mass is 416 g/mol. The molecule has 0 amide bonds. The molecular weight excluding hydrogens is 392 g/mol. The molecule has 158 valence electrons. The van der Waals surface area contributed by atoms with E-state index in [1.807, 2.05) is 13.0 Å². The number of ether oxygens (including phenoxy) is 1. The van der Waals surface area contributed by atoms with Crippen LogP contribution in [0.2, 0.25) is 0 Å². The van der Waals surface area contributed by atoms with E-state index in [1.54, 1.807) is 30.2 Å². The Morgan fingerprint density at radius 3 is 2.61 bits per heavy atom. The number of hydrogen-bond acceptors (Lipinski definition) is 6. The van der Waals surface area contributed by atoms with E-state index >= 15 is 0 Å². The van der Waals surface area contributed by atoms with Crippen LogP contribution >= 0.6 is 0 Å². The predicted molar refractivity (Wildman–Crippen MR) is 120 cm³/mol. The van der Waals surface area contributed by atoms with Gasteiger partial charge in [0.1, 0.15) is 11.3 Å². The number of benzene rings is 1. The highest BCUT2D eigenvalue weighted by Gasteiger charge is 2.19. The van der Waals surface area contributed by atoms with Crippen LogP contribution in [0.5, 0.6) is 0 Å². The van der Waals surface area contributed by atoms with Crippen molar-refractivity contribution < 1.29 is 9.53 Å². The van der Waals surface area contributed by atoms with Crippen LogP contribution < -0.4 is 10.2 Å². The molecule has 1 aliphatic heterocycles. The Morgan fingerprint density at radius 2 is 1.90 bits per heavy atom. The lowest BCUT2D eigenvalue weighted by atomic mass is 10.1. The summed E-state index contributed by atoms with van der Waals surface area (Å²) in [6.45, 7) is 5.23. The summed E-state index contributed by atoms with van der Waals surface area (Å²) in [6, 6.07) is 12.1. The highest BCUT2D eigenvalue weighted by molar-refractivity contribution is 6.15. The second kappa shape index (κ2) is 7.88. The Kier molecular flexibility index (Phi) is 4.91. The molecule has 1 saturated heterocycles. The van der Waals surface area contributed by atoms with E-state index in [2.05, 4.69) is 49.5 Å². The molecule has 0 saturated carbocycles. The summed E-state index contributed by atoms with van der Waals surface area (Å²) < 4.78 is 7.04. The molecule has 1 aliphatic rings. The molecule has 1 aromatic carbocycles. The van der Waals surface area contributed by atoms with Crippen LogP contribution in [-0.2, 0) is 11.8 Å². The van der Waals surface area contributed by atoms with Crippen LogP contribution in [0, 0.1) is 6.92 Å². The first-order chi connectivity index (χ1) is 15.1. The number of aryl methyl sites for hydroxylation is 2. The molecular formula is C23H24N6O2. The predicted octanol–water partition coefficient (Wildman–Crippen LogP) is 3.42. The van der Waals surface area contributed by atoms with Gasteiger partial charge in [0, 0.05) is 43.1 Å². The summed E-state index contributed by atoms with van der Waals surface area (Å²) in [5.41, 5.74) is 5.59. The molecule has 4 aromatic rings. The van der Waals surface area contributed by atoms with Gasteiger partial charge in [-0.1, -0.05) is 0 Å². The number of pyridine rings is 1. The molecule has 1 fully saturated rings. The van der Waals surface area contributed by atoms with Gasteiger partial charge in [0.05, 0.1) is 36.4 Å². The Bertz CT molecular complexity index is 1230. The number of aromatic amines is 1. The Labute approximate surface area is 179 Å². The first-order valence-corrected chi connectivity index (χ1v) is 10.3. The standard InChI is InChI=1S/C23H24N6O2/c1-15-11-21(28(2)27-15)22(30)20-14-25-23-19(20)12-17(13-24-23)26-16-3-5-18(6-4-16)29-7-9-31-10-8-29/h3-6,11-14,26H,7-10H2,1-2H3,(H,24,25). The molecule has 0 radical (unpaired) electrons. The van der Waals surface area contributed by atoms with Crippen molar-refractivity contribution in [1.29, 1.82) is 0 Å². The van der Waals surface area contributed by atoms with Gasteiger partial charge in [-0.25, -0.2) is 4.98 Å². The van der Waals surface area contributed by atoms with E-state index in [0.29, 0.717) is 16.9 Å². The molecule has 0 bridgehead atoms. The normalized spacial score (nSPS) is 14.2. The molecule has 31 heavy (non-hydrogen) atoms. The molecule has 0 aliphatic carbocycles. The minimum Gasteiger partial charge on any atom is -0.378 e. The van der Waals surface area contributed by atoms with Gasteiger partial charge in [-0.05, 0) is 43.3 Å². The first-order valence-electron chi connectivity index (χ1n) is 10.3. The van der Waals surface area contributed by atoms with Gasteiger partial charge in [-0.15, -0.1) is 0 Å². The topological polar surface area (TPSA) is 88.1 Å². The van der Waals surface area contributed by atoms with Crippen molar-refractivity contribution in [2.45, 2.75) is 6.92 Å². The lowest BCUT2D eigenvalue weighted by Gasteiger charge is -2.28. The zero-order valence-electron chi connectivity index (χ0n) is 17.6. The third kappa shape index (κ3) is 3.77. The number of carbonyl (C=O) groups is 1. The molecule has 4 heterocycles. The lowest BCUT2D eigenvalue weighted by molar-refractivity contribution is 0.103. The number of aromatic nitrogens is 4. The van der Waals surface area contributed by atoms with Crippen molar-refractivity contribution in [2.75, 3.05) is 36.5 Å². The van der Waals surface area contributed by atoms with E-state index in [0.717, 1.165) is 48.8 Å². The fourth-order valence-electron chi connectivity index (χ4n) is 3.96. The molecule has 0 atom stereocenters. The molecule has 8 heteroatoms. The SMILES string of the molecule is Cc1cc(C(=O)c2c[nH]c3ncc(Nc4ccc(N5CCOCC5)cc4)cc23)n(C)n1. The molecule has 3 aromatic heterocycles. The van der Waals surface area contributed by atoms with E-state index in [4.69, 9.17) is 4.74 Å². The maximum absolute atomic E-state index is 13.1. The zero-order valence-corrected chi connectivity index (χ0v) is 17.6. The third-order valence-corrected chi connectivity index (χ3v) is 5.54. The second-order valence-corrected chi connectivity index (χ2v) is 7.72. The van der Waals surface area contributed by atoms with E-state index < -0.39 is 0 Å². The smallest absolute Gasteiger partial charge is 0.213 e. The Morgan fingerprint density at radius 1 is 1.13 bits per heavy atom. The largest absolute Gasteiger partial charge is 0.378 e. The second-order valence-electron chi connectivity index (χ2n) is 7.72. The minimum absolute atomic E-state index is 0.0804. The van der Waals surface area contributed by atoms with Gasteiger partial charge in [0.2, 0.25) is 5.78 Å². The Hall–Kier alpha value is -3.65. The summed E-state index contributed by atoms with van der Waals surface area (Å²) in [6.07, 6.45) is 3.47. The number of ketones is 1. The number of nitrogens with zero attached hydrogens (tertiary/aromatic N) is 4. The fraction of sp³-hybridized carbons (Fsp3) is 0.261. The quantitative estimate of drug-likeness (QED) is 0.485. The fourth-order valence-corrected chi connectivity index (χ4v) is 3.96. The van der Waals surface area contributed by atoms with Crippen LogP contribution in [-0.4, -0.2) is 51.8 Å². The number of H-pyrrole nitrogens is 1. The third-order valence-electron chi connectivity index (χ3n) is 5.54. The summed E-state index contributed by atoms with van der Waals surface area (Å²) in [7, 11) is 1.78.